The number of nitrogens with one attached hydrogen (secondary N) is 1. The largest absolute Gasteiger partial charge is 0.457 e. The summed E-state index contributed by atoms with van der Waals surface area (Å²) >= 11 is 5.86. The van der Waals surface area contributed by atoms with E-state index in [1.54, 1.807) is 30.3 Å². The summed E-state index contributed by atoms with van der Waals surface area (Å²) in [6, 6.07) is 8.21. The average Bonchev–Trinajstić information content (AvgIpc) is 2.80. The maximum Gasteiger partial charge on any atom is 0.338 e. The lowest BCUT2D eigenvalue weighted by Gasteiger charge is -2.07. The molecule has 0 bridgehead atoms. The van der Waals surface area contributed by atoms with E-state index in [0.29, 0.717) is 16.8 Å². The predicted molar refractivity (Wildman–Crippen MR) is 72.8 cm³/mol. The number of fused-ring (bicyclic) bond motifs is 1. The van der Waals surface area contributed by atoms with E-state index in [4.69, 9.17) is 16.3 Å². The monoisotopic (exact) mass is 288 g/mol. The highest BCUT2D eigenvalue weighted by Gasteiger charge is 2.21. The van der Waals surface area contributed by atoms with Gasteiger partial charge in [0.2, 0.25) is 0 Å². The van der Waals surface area contributed by atoms with Crippen molar-refractivity contribution in [3.05, 3.63) is 58.4 Å². The van der Waals surface area contributed by atoms with Crippen molar-refractivity contribution in [1.29, 1.82) is 0 Å². The van der Waals surface area contributed by atoms with Gasteiger partial charge in [0.05, 0.1) is 11.1 Å². The van der Waals surface area contributed by atoms with Gasteiger partial charge in [-0.3, -0.25) is 4.79 Å². The van der Waals surface area contributed by atoms with E-state index in [-0.39, 0.29) is 23.6 Å². The molecular weight excluding hydrogens is 280 g/mol. The number of amides is 1. The third-order valence-corrected chi connectivity index (χ3v) is 3.25. The Balaban J connectivity index is 1.84. The van der Waals surface area contributed by atoms with Crippen molar-refractivity contribution in [2.45, 2.75) is 6.61 Å². The number of cyclic esters (lactones) is 1. The Kier molecular flexibility index (Phi) is 3.12. The molecule has 0 aliphatic carbocycles. The van der Waals surface area contributed by atoms with E-state index in [1.807, 2.05) is 0 Å². The Morgan fingerprint density at radius 1 is 1.35 bits per heavy atom. The number of aromatic nitrogens is 1. The zero-order valence-corrected chi connectivity index (χ0v) is 11.0. The number of hydrogen-bond acceptors (Lipinski definition) is 4. The number of carbonyl (C=O) groups excluding carboxylic acids is 2. The minimum absolute atomic E-state index is 0.143. The number of halogens is 1. The number of pyridine rings is 1. The molecule has 3 rings (SSSR count). The Morgan fingerprint density at radius 3 is 3.00 bits per heavy atom. The van der Waals surface area contributed by atoms with Gasteiger partial charge in [-0.25, -0.2) is 9.78 Å². The van der Waals surface area contributed by atoms with E-state index in [9.17, 15) is 9.59 Å². The molecule has 0 saturated heterocycles. The molecule has 0 fully saturated rings. The maximum absolute atomic E-state index is 12.1. The first-order chi connectivity index (χ1) is 9.65. The Labute approximate surface area is 119 Å². The Morgan fingerprint density at radius 2 is 2.20 bits per heavy atom. The van der Waals surface area contributed by atoms with Crippen LogP contribution in [0.4, 0.5) is 5.69 Å². The first-order valence-corrected chi connectivity index (χ1v) is 6.25. The molecule has 1 amide bonds. The second-order valence-electron chi connectivity index (χ2n) is 4.24. The Hall–Kier alpha value is -2.40. The number of rotatable bonds is 2. The van der Waals surface area contributed by atoms with Crippen LogP contribution in [0.15, 0.2) is 36.5 Å². The number of anilines is 1. The highest BCUT2D eigenvalue weighted by molar-refractivity contribution is 6.33. The van der Waals surface area contributed by atoms with Gasteiger partial charge < -0.3 is 10.1 Å². The second-order valence-corrected chi connectivity index (χ2v) is 4.60. The fraction of sp³-hybridized carbons (Fsp3) is 0.0714. The summed E-state index contributed by atoms with van der Waals surface area (Å²) in [5.74, 6) is -0.693. The summed E-state index contributed by atoms with van der Waals surface area (Å²) in [6.07, 6.45) is 1.51. The molecule has 2 heterocycles. The molecule has 1 N–H and O–H groups in total. The molecule has 0 radical (unpaired) electrons. The van der Waals surface area contributed by atoms with Crippen molar-refractivity contribution in [2.75, 3.05) is 5.32 Å². The summed E-state index contributed by atoms with van der Waals surface area (Å²) in [5.41, 5.74) is 2.15. The molecular formula is C14H9ClN2O3. The molecule has 1 aromatic heterocycles. The van der Waals surface area contributed by atoms with Gasteiger partial charge in [-0.05, 0) is 30.3 Å². The van der Waals surface area contributed by atoms with Crippen molar-refractivity contribution in [3.63, 3.8) is 0 Å². The summed E-state index contributed by atoms with van der Waals surface area (Å²) in [4.78, 5) is 27.2. The summed E-state index contributed by atoms with van der Waals surface area (Å²) in [5, 5.41) is 2.86. The van der Waals surface area contributed by atoms with Gasteiger partial charge in [0, 0.05) is 17.4 Å². The third kappa shape index (κ3) is 2.23. The fourth-order valence-corrected chi connectivity index (χ4v) is 2.17. The van der Waals surface area contributed by atoms with Gasteiger partial charge in [-0.1, -0.05) is 11.6 Å². The molecule has 2 aromatic rings. The maximum atomic E-state index is 12.1. The fourth-order valence-electron chi connectivity index (χ4n) is 1.96. The zero-order valence-electron chi connectivity index (χ0n) is 10.2. The Bertz CT molecular complexity index is 715. The number of carbonyl (C=O) groups is 2. The average molecular weight is 289 g/mol. The topological polar surface area (TPSA) is 68.3 Å². The van der Waals surface area contributed by atoms with Crippen LogP contribution in [0, 0.1) is 0 Å². The molecule has 1 aliphatic rings. The normalized spacial score (nSPS) is 12.8. The number of benzene rings is 1. The molecule has 0 unspecified atom stereocenters. The van der Waals surface area contributed by atoms with E-state index < -0.39 is 0 Å². The lowest BCUT2D eigenvalue weighted by atomic mass is 10.1. The minimum atomic E-state index is -0.353. The lowest BCUT2D eigenvalue weighted by Crippen LogP contribution is -2.13. The van der Waals surface area contributed by atoms with Crippen molar-refractivity contribution in [2.24, 2.45) is 0 Å². The van der Waals surface area contributed by atoms with Gasteiger partial charge in [-0.15, -0.1) is 0 Å². The van der Waals surface area contributed by atoms with Crippen LogP contribution in [0.2, 0.25) is 5.15 Å². The molecule has 0 saturated carbocycles. The van der Waals surface area contributed by atoms with Gasteiger partial charge in [-0.2, -0.15) is 0 Å². The quantitative estimate of drug-likeness (QED) is 0.681. The van der Waals surface area contributed by atoms with Gasteiger partial charge >= 0.3 is 5.97 Å². The second kappa shape index (κ2) is 4.94. The summed E-state index contributed by atoms with van der Waals surface area (Å²) in [7, 11) is 0. The standard InChI is InChI=1S/C14H9ClN2O3/c15-12-11(2-1-5-16-12)13(18)17-9-3-4-10-8(6-9)7-20-14(10)19/h1-6H,7H2,(H,17,18). The van der Waals surface area contributed by atoms with Crippen LogP contribution in [0.5, 0.6) is 0 Å². The van der Waals surface area contributed by atoms with E-state index in [2.05, 4.69) is 10.3 Å². The van der Waals surface area contributed by atoms with Crippen LogP contribution in [-0.2, 0) is 11.3 Å². The first kappa shape index (κ1) is 12.6. The van der Waals surface area contributed by atoms with E-state index >= 15 is 0 Å². The van der Waals surface area contributed by atoms with Crippen LogP contribution in [0.3, 0.4) is 0 Å². The highest BCUT2D eigenvalue weighted by atomic mass is 35.5. The molecule has 5 nitrogen and oxygen atoms in total. The molecule has 20 heavy (non-hydrogen) atoms. The molecule has 100 valence electrons. The summed E-state index contributed by atoms with van der Waals surface area (Å²) < 4.78 is 4.90. The molecule has 0 atom stereocenters. The van der Waals surface area contributed by atoms with Crippen LogP contribution in [0.1, 0.15) is 26.3 Å². The smallest absolute Gasteiger partial charge is 0.338 e. The van der Waals surface area contributed by atoms with Crippen LogP contribution in [-0.4, -0.2) is 16.9 Å². The molecule has 1 aliphatic heterocycles. The van der Waals surface area contributed by atoms with Crippen LogP contribution >= 0.6 is 11.6 Å². The highest BCUT2D eigenvalue weighted by Crippen LogP contribution is 2.24. The van der Waals surface area contributed by atoms with Crippen molar-refractivity contribution in [3.8, 4) is 0 Å². The van der Waals surface area contributed by atoms with Crippen molar-refractivity contribution in [1.82, 2.24) is 4.98 Å². The van der Waals surface area contributed by atoms with E-state index in [0.717, 1.165) is 5.56 Å². The molecule has 1 aromatic carbocycles. The minimum Gasteiger partial charge on any atom is -0.457 e. The number of nitrogens with zero attached hydrogens (tertiary/aromatic N) is 1. The molecule has 6 heteroatoms. The molecule has 0 spiro atoms. The predicted octanol–water partition coefficient (Wildman–Crippen LogP) is 2.66. The van der Waals surface area contributed by atoms with Crippen LogP contribution < -0.4 is 5.32 Å². The first-order valence-electron chi connectivity index (χ1n) is 5.87. The number of esters is 1. The van der Waals surface area contributed by atoms with Crippen LogP contribution in [0.25, 0.3) is 0 Å². The van der Waals surface area contributed by atoms with Gasteiger partial charge in [0.15, 0.2) is 0 Å². The number of hydrogen-bond donors (Lipinski definition) is 1. The van der Waals surface area contributed by atoms with E-state index in [1.165, 1.54) is 6.20 Å². The zero-order chi connectivity index (χ0) is 14.1. The summed E-state index contributed by atoms with van der Waals surface area (Å²) in [6.45, 7) is 0.228. The van der Waals surface area contributed by atoms with Crippen molar-refractivity contribution >= 4 is 29.2 Å². The number of ether oxygens (including phenoxy) is 1. The van der Waals surface area contributed by atoms with Gasteiger partial charge in [0.1, 0.15) is 11.8 Å². The SMILES string of the molecule is O=C1OCc2cc(NC(=O)c3cccnc3Cl)ccc21. The third-order valence-electron chi connectivity index (χ3n) is 2.95. The van der Waals surface area contributed by atoms with Gasteiger partial charge in [0.25, 0.3) is 5.91 Å². The lowest BCUT2D eigenvalue weighted by molar-refractivity contribution is 0.0535. The van der Waals surface area contributed by atoms with Crippen molar-refractivity contribution < 1.29 is 14.3 Å².